The summed E-state index contributed by atoms with van der Waals surface area (Å²) < 4.78 is 50.2. The molecular weight excluding hydrogens is 493 g/mol. The van der Waals surface area contributed by atoms with Crippen molar-refractivity contribution in [1.29, 1.82) is 0 Å². The summed E-state index contributed by atoms with van der Waals surface area (Å²) in [5.41, 5.74) is 8.55. The molecule has 4 atom stereocenters. The second kappa shape index (κ2) is 9.81. The Kier molecular flexibility index (Phi) is 6.69. The van der Waals surface area contributed by atoms with Crippen LogP contribution in [0.1, 0.15) is 37.7 Å². The molecule has 1 aromatic heterocycles. The number of amidine groups is 1. The van der Waals surface area contributed by atoms with Crippen molar-refractivity contribution in [2.45, 2.75) is 56.0 Å². The van der Waals surface area contributed by atoms with Crippen molar-refractivity contribution in [2.24, 2.45) is 22.6 Å². The van der Waals surface area contributed by atoms with Crippen LogP contribution in [0, 0.1) is 11.8 Å². The molecule has 2 aliphatic carbocycles. The molecule has 1 aromatic carbocycles. The Hall–Kier alpha value is -3.41. The van der Waals surface area contributed by atoms with Crippen LogP contribution in [0.3, 0.4) is 0 Å². The molecule has 2 aliphatic heterocycles. The number of aliphatic carboxylic acids is 1. The SMILES string of the molecule is NC1=N[C@@]2(CO1)c1cc(-c3cncnc3)ccc1O[C@H]1CC[C@@H](OCC3CC3)C[C@@H]12.O=C(O)C(F)(F)F. The largest absolute Gasteiger partial charge is 0.490 e. The molecule has 2 aromatic rings. The van der Waals surface area contributed by atoms with E-state index in [-0.39, 0.29) is 24.1 Å². The molecule has 2 saturated carbocycles. The number of alkyl halides is 3. The van der Waals surface area contributed by atoms with Gasteiger partial charge in [-0.05, 0) is 55.7 Å². The highest BCUT2D eigenvalue weighted by molar-refractivity contribution is 5.75. The van der Waals surface area contributed by atoms with Crippen LogP contribution in [0.5, 0.6) is 5.75 Å². The number of carbonyl (C=O) groups is 1. The van der Waals surface area contributed by atoms with E-state index in [1.807, 2.05) is 18.5 Å². The van der Waals surface area contributed by atoms with E-state index in [1.165, 1.54) is 19.2 Å². The number of nitrogens with two attached hydrogens (primary N) is 1. The fourth-order valence-electron chi connectivity index (χ4n) is 5.19. The van der Waals surface area contributed by atoms with Crippen molar-refractivity contribution in [2.75, 3.05) is 13.2 Å². The average Bonchev–Trinajstić information content (AvgIpc) is 3.64. The van der Waals surface area contributed by atoms with Gasteiger partial charge in [0.1, 0.15) is 30.3 Å². The molecule has 1 spiro atoms. The number of nitrogens with zero attached hydrogens (tertiary/aromatic N) is 3. The Morgan fingerprint density at radius 2 is 1.89 bits per heavy atom. The van der Waals surface area contributed by atoms with Crippen molar-refractivity contribution in [3.63, 3.8) is 0 Å². The van der Waals surface area contributed by atoms with E-state index < -0.39 is 17.7 Å². The monoisotopic (exact) mass is 520 g/mol. The number of carboxylic acids is 1. The lowest BCUT2D eigenvalue weighted by Crippen LogP contribution is -2.52. The first-order valence-corrected chi connectivity index (χ1v) is 12.1. The van der Waals surface area contributed by atoms with Crippen molar-refractivity contribution < 1.29 is 37.3 Å². The van der Waals surface area contributed by atoms with Gasteiger partial charge in [-0.3, -0.25) is 0 Å². The molecule has 0 radical (unpaired) electrons. The van der Waals surface area contributed by atoms with E-state index in [2.05, 4.69) is 22.1 Å². The highest BCUT2D eigenvalue weighted by Gasteiger charge is 2.55. The van der Waals surface area contributed by atoms with Crippen LogP contribution in [-0.4, -0.2) is 58.7 Å². The van der Waals surface area contributed by atoms with Gasteiger partial charge < -0.3 is 25.1 Å². The molecular formula is C25H27F3N4O5. The quantitative estimate of drug-likeness (QED) is 0.625. The molecule has 0 unspecified atom stereocenters. The fraction of sp³-hybridized carbons (Fsp3) is 0.520. The van der Waals surface area contributed by atoms with Gasteiger partial charge in [-0.25, -0.2) is 19.8 Å². The summed E-state index contributed by atoms with van der Waals surface area (Å²) in [4.78, 5) is 22.1. The fourth-order valence-corrected chi connectivity index (χ4v) is 5.19. The van der Waals surface area contributed by atoms with Gasteiger partial charge in [0.25, 0.3) is 6.02 Å². The number of rotatable bonds is 4. The zero-order valence-corrected chi connectivity index (χ0v) is 19.9. The average molecular weight is 521 g/mol. The van der Waals surface area contributed by atoms with Crippen LogP contribution in [-0.2, 0) is 19.8 Å². The summed E-state index contributed by atoms with van der Waals surface area (Å²) in [6.07, 6.45) is 5.95. The van der Waals surface area contributed by atoms with E-state index in [0.717, 1.165) is 54.2 Å². The normalized spacial score (nSPS) is 28.1. The Bertz CT molecular complexity index is 1170. The van der Waals surface area contributed by atoms with E-state index in [0.29, 0.717) is 6.61 Å². The zero-order valence-electron chi connectivity index (χ0n) is 19.9. The molecule has 3 N–H and O–H groups in total. The third-order valence-electron chi connectivity index (χ3n) is 7.23. The molecule has 2 fully saturated rings. The number of carboxylic acid groups (broad SMARTS) is 1. The number of ether oxygens (including phenoxy) is 3. The zero-order chi connectivity index (χ0) is 26.2. The Labute approximate surface area is 210 Å². The Balaban J connectivity index is 0.000000355. The number of hydrogen-bond donors (Lipinski definition) is 2. The lowest BCUT2D eigenvalue weighted by Gasteiger charge is -2.48. The standard InChI is InChI=1S/C23H26N4O3.C2HF3O2/c24-22-27-23(12-29-22)18-7-15(16-9-25-13-26-10-16)3-5-20(18)30-21-6-4-17(8-19(21)23)28-11-14-1-2-14;3-2(4,5)1(6)7/h3,5,7,9-10,13-14,17,19,21H,1-2,4,6,8,11-12H2,(H2,24,27);(H,6,7)/t17-,19+,21+,23+;/m1./s1. The van der Waals surface area contributed by atoms with E-state index in [9.17, 15) is 13.2 Å². The molecule has 6 rings (SSSR count). The molecule has 0 amide bonds. The molecule has 4 aliphatic rings. The smallest absolute Gasteiger partial charge is 0.490 e. The first-order valence-electron chi connectivity index (χ1n) is 12.1. The minimum absolute atomic E-state index is 0.0995. The number of aliphatic imine (C=N–C) groups is 1. The summed E-state index contributed by atoms with van der Waals surface area (Å²) in [5, 5.41) is 7.12. The van der Waals surface area contributed by atoms with Gasteiger partial charge in [0.2, 0.25) is 0 Å². The number of aromatic nitrogens is 2. The molecule has 12 heteroatoms. The second-order valence-electron chi connectivity index (χ2n) is 9.78. The number of halogens is 3. The number of fused-ring (bicyclic) bond motifs is 4. The first-order chi connectivity index (χ1) is 17.7. The first kappa shape index (κ1) is 25.2. The highest BCUT2D eigenvalue weighted by atomic mass is 19.4. The van der Waals surface area contributed by atoms with Gasteiger partial charge in [0.05, 0.1) is 6.10 Å². The third-order valence-corrected chi connectivity index (χ3v) is 7.23. The molecule has 0 saturated heterocycles. The minimum atomic E-state index is -5.08. The molecule has 0 bridgehead atoms. The summed E-state index contributed by atoms with van der Waals surface area (Å²) in [6, 6.07) is 6.49. The topological polar surface area (TPSA) is 129 Å². The van der Waals surface area contributed by atoms with Crippen LogP contribution < -0.4 is 10.5 Å². The summed E-state index contributed by atoms with van der Waals surface area (Å²) in [5.74, 6) is -0.950. The third kappa shape index (κ3) is 5.34. The van der Waals surface area contributed by atoms with Gasteiger partial charge in [-0.1, -0.05) is 6.07 Å². The second-order valence-corrected chi connectivity index (χ2v) is 9.78. The van der Waals surface area contributed by atoms with Gasteiger partial charge in [0.15, 0.2) is 0 Å². The molecule has 198 valence electrons. The minimum Gasteiger partial charge on any atom is -0.490 e. The van der Waals surface area contributed by atoms with Gasteiger partial charge in [0, 0.05) is 36.0 Å². The maximum Gasteiger partial charge on any atom is 0.490 e. The Morgan fingerprint density at radius 1 is 1.16 bits per heavy atom. The molecule has 37 heavy (non-hydrogen) atoms. The van der Waals surface area contributed by atoms with Crippen molar-refractivity contribution >= 4 is 12.0 Å². The molecule has 9 nitrogen and oxygen atoms in total. The number of benzene rings is 1. The highest BCUT2D eigenvalue weighted by Crippen LogP contribution is 2.53. The number of hydrogen-bond acceptors (Lipinski definition) is 8. The van der Waals surface area contributed by atoms with Crippen molar-refractivity contribution in [3.8, 4) is 16.9 Å². The van der Waals surface area contributed by atoms with Crippen LogP contribution in [0.25, 0.3) is 11.1 Å². The summed E-state index contributed by atoms with van der Waals surface area (Å²) >= 11 is 0. The van der Waals surface area contributed by atoms with Crippen LogP contribution in [0.2, 0.25) is 0 Å². The Morgan fingerprint density at radius 3 is 2.51 bits per heavy atom. The van der Waals surface area contributed by atoms with Crippen molar-refractivity contribution in [1.82, 2.24) is 9.97 Å². The van der Waals surface area contributed by atoms with Gasteiger partial charge in [-0.2, -0.15) is 13.2 Å². The predicted molar refractivity (Wildman–Crippen MR) is 125 cm³/mol. The van der Waals surface area contributed by atoms with Gasteiger partial charge in [-0.15, -0.1) is 0 Å². The predicted octanol–water partition coefficient (Wildman–Crippen LogP) is 3.67. The lowest BCUT2D eigenvalue weighted by atomic mass is 9.67. The van der Waals surface area contributed by atoms with Crippen LogP contribution in [0.4, 0.5) is 13.2 Å². The van der Waals surface area contributed by atoms with E-state index in [1.54, 1.807) is 0 Å². The van der Waals surface area contributed by atoms with E-state index >= 15 is 0 Å². The van der Waals surface area contributed by atoms with Crippen molar-refractivity contribution in [3.05, 3.63) is 42.5 Å². The van der Waals surface area contributed by atoms with Gasteiger partial charge >= 0.3 is 12.1 Å². The maximum absolute atomic E-state index is 10.6. The van der Waals surface area contributed by atoms with Crippen LogP contribution in [0.15, 0.2) is 41.9 Å². The van der Waals surface area contributed by atoms with E-state index in [4.69, 9.17) is 34.8 Å². The summed E-state index contributed by atoms with van der Waals surface area (Å²) in [7, 11) is 0. The lowest BCUT2D eigenvalue weighted by molar-refractivity contribution is -0.192. The van der Waals surface area contributed by atoms with Crippen LogP contribution >= 0.6 is 0 Å². The summed E-state index contributed by atoms with van der Waals surface area (Å²) in [6.45, 7) is 1.33. The maximum atomic E-state index is 10.6. The molecule has 3 heterocycles.